The highest BCUT2D eigenvalue weighted by atomic mass is 79.9. The summed E-state index contributed by atoms with van der Waals surface area (Å²) in [5.74, 6) is 0. The van der Waals surface area contributed by atoms with Crippen LogP contribution in [0.1, 0.15) is 31.9 Å². The van der Waals surface area contributed by atoms with E-state index in [-0.39, 0.29) is 0 Å². The molecule has 0 aliphatic carbocycles. The third-order valence-corrected chi connectivity index (χ3v) is 3.15. The molecule has 0 saturated heterocycles. The molecule has 0 spiro atoms. The Bertz CT molecular complexity index is 412. The lowest BCUT2D eigenvalue weighted by molar-refractivity contribution is 0.199. The first kappa shape index (κ1) is 14.0. The first-order chi connectivity index (χ1) is 8.10. The maximum Gasteiger partial charge on any atom is 0.0782 e. The third-order valence-electron chi connectivity index (χ3n) is 2.66. The number of halogens is 1. The van der Waals surface area contributed by atoms with Gasteiger partial charge >= 0.3 is 0 Å². The molecule has 0 aliphatic heterocycles. The highest BCUT2D eigenvalue weighted by Crippen LogP contribution is 2.29. The number of nitriles is 1. The second kappa shape index (κ2) is 6.63. The predicted molar refractivity (Wildman–Crippen MR) is 72.9 cm³/mol. The van der Waals surface area contributed by atoms with Gasteiger partial charge in [-0.3, -0.25) is 0 Å². The molecule has 0 amide bonds. The molecule has 92 valence electrons. The van der Waals surface area contributed by atoms with E-state index in [0.717, 1.165) is 22.3 Å². The average Bonchev–Trinajstić information content (AvgIpc) is 2.31. The van der Waals surface area contributed by atoms with Crippen LogP contribution in [-0.2, 0) is 0 Å². The Morgan fingerprint density at radius 3 is 2.76 bits per heavy atom. The lowest BCUT2D eigenvalue weighted by Gasteiger charge is -2.26. The number of hydrogen-bond acceptors (Lipinski definition) is 3. The molecule has 1 N–H and O–H groups in total. The monoisotopic (exact) mass is 296 g/mol. The minimum absolute atomic E-state index is 0.489. The van der Waals surface area contributed by atoms with E-state index in [1.165, 1.54) is 0 Å². The van der Waals surface area contributed by atoms with Gasteiger partial charge in [0.05, 0.1) is 18.6 Å². The zero-order chi connectivity index (χ0) is 12.8. The topological polar surface area (TPSA) is 47.3 Å². The summed E-state index contributed by atoms with van der Waals surface area (Å²) in [6.07, 6.45) is -0.0259. The van der Waals surface area contributed by atoms with Gasteiger partial charge < -0.3 is 10.0 Å². The van der Waals surface area contributed by atoms with Crippen LogP contribution in [0.5, 0.6) is 0 Å². The van der Waals surface area contributed by atoms with Crippen molar-refractivity contribution in [2.24, 2.45) is 0 Å². The van der Waals surface area contributed by atoms with Gasteiger partial charge in [-0.2, -0.15) is 5.26 Å². The lowest BCUT2D eigenvalue weighted by Crippen LogP contribution is -2.25. The third kappa shape index (κ3) is 3.72. The minimum Gasteiger partial charge on any atom is -0.389 e. The standard InChI is InChI=1S/C13H17BrN2O/c1-3-16(8-4-7-15)13-6-5-11(14)9-12(13)10(2)17/h5-6,9-10,17H,3-4,8H2,1-2H3. The summed E-state index contributed by atoms with van der Waals surface area (Å²) in [6.45, 7) is 5.31. The largest absolute Gasteiger partial charge is 0.389 e. The lowest BCUT2D eigenvalue weighted by atomic mass is 10.1. The molecule has 1 atom stereocenters. The Kier molecular flexibility index (Phi) is 5.46. The Morgan fingerprint density at radius 2 is 2.24 bits per heavy atom. The number of benzene rings is 1. The average molecular weight is 297 g/mol. The molecule has 0 aliphatic rings. The normalized spacial score (nSPS) is 11.9. The van der Waals surface area contributed by atoms with Crippen molar-refractivity contribution in [3.63, 3.8) is 0 Å². The van der Waals surface area contributed by atoms with Gasteiger partial charge in [0.1, 0.15) is 0 Å². The van der Waals surface area contributed by atoms with Crippen molar-refractivity contribution in [1.82, 2.24) is 0 Å². The van der Waals surface area contributed by atoms with E-state index in [9.17, 15) is 5.11 Å². The molecule has 1 aromatic carbocycles. The fourth-order valence-electron chi connectivity index (χ4n) is 1.78. The molecule has 4 heteroatoms. The summed E-state index contributed by atoms with van der Waals surface area (Å²) < 4.78 is 0.952. The van der Waals surface area contributed by atoms with Crippen molar-refractivity contribution < 1.29 is 5.11 Å². The zero-order valence-corrected chi connectivity index (χ0v) is 11.7. The molecule has 1 rings (SSSR count). The number of aliphatic hydroxyl groups is 1. The van der Waals surface area contributed by atoms with Crippen LogP contribution in [-0.4, -0.2) is 18.2 Å². The van der Waals surface area contributed by atoms with Crippen LogP contribution in [0, 0.1) is 11.3 Å². The van der Waals surface area contributed by atoms with Gasteiger partial charge in [0, 0.05) is 28.8 Å². The smallest absolute Gasteiger partial charge is 0.0782 e. The summed E-state index contributed by atoms with van der Waals surface area (Å²) in [5.41, 5.74) is 1.89. The van der Waals surface area contributed by atoms with E-state index in [1.807, 2.05) is 25.1 Å². The highest BCUT2D eigenvalue weighted by molar-refractivity contribution is 9.10. The van der Waals surface area contributed by atoms with Gasteiger partial charge in [-0.25, -0.2) is 0 Å². The van der Waals surface area contributed by atoms with Gasteiger partial charge in [-0.1, -0.05) is 15.9 Å². The molecule has 17 heavy (non-hydrogen) atoms. The molecular weight excluding hydrogens is 280 g/mol. The summed E-state index contributed by atoms with van der Waals surface area (Å²) >= 11 is 3.41. The number of aliphatic hydroxyl groups excluding tert-OH is 1. The second-order valence-corrected chi connectivity index (χ2v) is 4.78. The molecule has 0 radical (unpaired) electrons. The predicted octanol–water partition coefficient (Wildman–Crippen LogP) is 3.24. The molecule has 0 fully saturated rings. The SMILES string of the molecule is CCN(CCC#N)c1ccc(Br)cc1C(C)O. The molecule has 0 heterocycles. The maximum absolute atomic E-state index is 9.79. The van der Waals surface area contributed by atoms with E-state index in [0.29, 0.717) is 13.0 Å². The van der Waals surface area contributed by atoms with Crippen LogP contribution in [0.2, 0.25) is 0 Å². The summed E-state index contributed by atoms with van der Waals surface area (Å²) in [5, 5.41) is 18.4. The summed E-state index contributed by atoms with van der Waals surface area (Å²) in [7, 11) is 0. The first-order valence-electron chi connectivity index (χ1n) is 5.69. The van der Waals surface area contributed by atoms with Crippen LogP contribution in [0.15, 0.2) is 22.7 Å². The van der Waals surface area contributed by atoms with E-state index < -0.39 is 6.10 Å². The van der Waals surface area contributed by atoms with Gasteiger partial charge in [-0.05, 0) is 32.0 Å². The highest BCUT2D eigenvalue weighted by Gasteiger charge is 2.13. The summed E-state index contributed by atoms with van der Waals surface area (Å²) in [6, 6.07) is 8.01. The number of nitrogens with zero attached hydrogens (tertiary/aromatic N) is 2. The molecule has 0 saturated carbocycles. The minimum atomic E-state index is -0.515. The van der Waals surface area contributed by atoms with Crippen molar-refractivity contribution in [1.29, 1.82) is 5.26 Å². The Labute approximate surface area is 111 Å². The number of hydrogen-bond donors (Lipinski definition) is 1. The van der Waals surface area contributed by atoms with E-state index in [4.69, 9.17) is 5.26 Å². The van der Waals surface area contributed by atoms with Crippen molar-refractivity contribution in [3.8, 4) is 6.07 Å². The fraction of sp³-hybridized carbons (Fsp3) is 0.462. The second-order valence-electron chi connectivity index (χ2n) is 3.87. The Hall–Kier alpha value is -1.05. The van der Waals surface area contributed by atoms with Crippen molar-refractivity contribution in [3.05, 3.63) is 28.2 Å². The Morgan fingerprint density at radius 1 is 1.53 bits per heavy atom. The quantitative estimate of drug-likeness (QED) is 0.907. The van der Waals surface area contributed by atoms with Crippen molar-refractivity contribution in [2.75, 3.05) is 18.0 Å². The van der Waals surface area contributed by atoms with Crippen LogP contribution in [0.25, 0.3) is 0 Å². The van der Waals surface area contributed by atoms with Gasteiger partial charge in [0.25, 0.3) is 0 Å². The van der Waals surface area contributed by atoms with Crippen molar-refractivity contribution in [2.45, 2.75) is 26.4 Å². The van der Waals surface area contributed by atoms with Crippen molar-refractivity contribution >= 4 is 21.6 Å². The molecule has 3 nitrogen and oxygen atoms in total. The van der Waals surface area contributed by atoms with Gasteiger partial charge in [0.15, 0.2) is 0 Å². The maximum atomic E-state index is 9.79. The fourth-order valence-corrected chi connectivity index (χ4v) is 2.16. The van der Waals surface area contributed by atoms with Crippen LogP contribution < -0.4 is 4.90 Å². The molecule has 0 bridgehead atoms. The van der Waals surface area contributed by atoms with Gasteiger partial charge in [-0.15, -0.1) is 0 Å². The number of anilines is 1. The molecule has 0 aromatic heterocycles. The zero-order valence-electron chi connectivity index (χ0n) is 10.2. The first-order valence-corrected chi connectivity index (χ1v) is 6.48. The number of rotatable bonds is 5. The van der Waals surface area contributed by atoms with Crippen LogP contribution >= 0.6 is 15.9 Å². The van der Waals surface area contributed by atoms with E-state index in [1.54, 1.807) is 6.92 Å². The molecular formula is C13H17BrN2O. The summed E-state index contributed by atoms with van der Waals surface area (Å²) in [4.78, 5) is 2.11. The van der Waals surface area contributed by atoms with Gasteiger partial charge in [0.2, 0.25) is 0 Å². The van der Waals surface area contributed by atoms with E-state index in [2.05, 4.69) is 26.9 Å². The Balaban J connectivity index is 3.05. The van der Waals surface area contributed by atoms with E-state index >= 15 is 0 Å². The molecule has 1 aromatic rings. The molecule has 1 unspecified atom stereocenters. The van der Waals surface area contributed by atoms with Crippen LogP contribution in [0.3, 0.4) is 0 Å². The van der Waals surface area contributed by atoms with Crippen LogP contribution in [0.4, 0.5) is 5.69 Å².